The zero-order valence-corrected chi connectivity index (χ0v) is 12.5. The molecule has 1 unspecified atom stereocenters. The lowest BCUT2D eigenvalue weighted by molar-refractivity contribution is -0.136. The molecule has 22 heavy (non-hydrogen) atoms. The van der Waals surface area contributed by atoms with Crippen molar-refractivity contribution in [1.82, 2.24) is 4.90 Å². The first-order valence-corrected chi connectivity index (χ1v) is 7.41. The number of carbonyl (C=O) groups is 1. The first-order valence-electron chi connectivity index (χ1n) is 7.41. The molecule has 0 bridgehead atoms. The molecule has 0 saturated heterocycles. The van der Waals surface area contributed by atoms with Crippen molar-refractivity contribution >= 4 is 5.91 Å². The second kappa shape index (κ2) is 6.18. The maximum Gasteiger partial charge on any atom is 0.261 e. The lowest BCUT2D eigenvalue weighted by Crippen LogP contribution is -2.41. The summed E-state index contributed by atoms with van der Waals surface area (Å²) in [6.45, 7) is 2.64. The monoisotopic (exact) mass is 299 g/mol. The van der Waals surface area contributed by atoms with E-state index in [2.05, 4.69) is 12.1 Å². The van der Waals surface area contributed by atoms with Crippen molar-refractivity contribution < 1.29 is 13.9 Å². The fourth-order valence-electron chi connectivity index (χ4n) is 2.90. The fraction of sp³-hybridized carbons (Fsp3) is 0.278. The third-order valence-corrected chi connectivity index (χ3v) is 4.07. The van der Waals surface area contributed by atoms with Crippen LogP contribution in [0.3, 0.4) is 0 Å². The molecular formula is C18H18FNO2. The highest BCUT2D eigenvalue weighted by Crippen LogP contribution is 2.29. The molecule has 2 aromatic rings. The van der Waals surface area contributed by atoms with Crippen molar-refractivity contribution in [2.45, 2.75) is 19.4 Å². The summed E-state index contributed by atoms with van der Waals surface area (Å²) in [4.78, 5) is 14.2. The van der Waals surface area contributed by atoms with Crippen molar-refractivity contribution in [3.8, 4) is 5.75 Å². The minimum atomic E-state index is -0.370. The molecule has 0 radical (unpaired) electrons. The van der Waals surface area contributed by atoms with Gasteiger partial charge < -0.3 is 9.64 Å². The molecular weight excluding hydrogens is 281 g/mol. The summed E-state index contributed by atoms with van der Waals surface area (Å²) in [6.07, 6.45) is 0.853. The molecule has 0 fully saturated rings. The first kappa shape index (κ1) is 14.6. The normalized spacial score (nSPS) is 17.0. The molecule has 114 valence electrons. The van der Waals surface area contributed by atoms with Crippen LogP contribution in [0.2, 0.25) is 0 Å². The lowest BCUT2D eigenvalue weighted by Gasteiger charge is -2.35. The average Bonchev–Trinajstić information content (AvgIpc) is 2.53. The van der Waals surface area contributed by atoms with Gasteiger partial charge in [-0.3, -0.25) is 4.79 Å². The zero-order valence-electron chi connectivity index (χ0n) is 12.5. The highest BCUT2D eigenvalue weighted by atomic mass is 19.1. The van der Waals surface area contributed by atoms with Gasteiger partial charge in [-0.1, -0.05) is 30.3 Å². The van der Waals surface area contributed by atoms with Crippen LogP contribution in [-0.4, -0.2) is 24.0 Å². The van der Waals surface area contributed by atoms with E-state index in [-0.39, 0.29) is 24.4 Å². The van der Waals surface area contributed by atoms with E-state index in [4.69, 9.17) is 4.74 Å². The van der Waals surface area contributed by atoms with Crippen LogP contribution >= 0.6 is 0 Å². The standard InChI is InChI=1S/C18H18FNO2/c1-13-17-8-3-2-5-14(17)9-10-20(13)18(21)12-22-16-7-4-6-15(19)11-16/h2-8,11,13H,9-10,12H2,1H3. The van der Waals surface area contributed by atoms with Gasteiger partial charge in [0, 0.05) is 12.6 Å². The van der Waals surface area contributed by atoms with Crippen LogP contribution in [0.15, 0.2) is 48.5 Å². The average molecular weight is 299 g/mol. The minimum absolute atomic E-state index is 0.0357. The Morgan fingerprint density at radius 1 is 1.27 bits per heavy atom. The van der Waals surface area contributed by atoms with Gasteiger partial charge >= 0.3 is 0 Å². The van der Waals surface area contributed by atoms with Gasteiger partial charge in [-0.2, -0.15) is 0 Å². The van der Waals surface area contributed by atoms with Crippen LogP contribution < -0.4 is 4.74 Å². The van der Waals surface area contributed by atoms with Crippen LogP contribution in [0, 0.1) is 5.82 Å². The molecule has 1 heterocycles. The molecule has 3 rings (SSSR count). The molecule has 0 saturated carbocycles. The lowest BCUT2D eigenvalue weighted by atomic mass is 9.93. The Hall–Kier alpha value is -2.36. The van der Waals surface area contributed by atoms with Crippen LogP contribution in [0.4, 0.5) is 4.39 Å². The molecule has 2 aromatic carbocycles. The van der Waals surface area contributed by atoms with Crippen molar-refractivity contribution in [3.63, 3.8) is 0 Å². The summed E-state index contributed by atoms with van der Waals surface area (Å²) >= 11 is 0. The van der Waals surface area contributed by atoms with E-state index in [1.54, 1.807) is 12.1 Å². The number of nitrogens with zero attached hydrogens (tertiary/aromatic N) is 1. The van der Waals surface area contributed by atoms with E-state index in [9.17, 15) is 9.18 Å². The Labute approximate surface area is 129 Å². The van der Waals surface area contributed by atoms with Gasteiger partial charge in [0.05, 0.1) is 6.04 Å². The Morgan fingerprint density at radius 2 is 2.09 bits per heavy atom. The summed E-state index contributed by atoms with van der Waals surface area (Å²) in [7, 11) is 0. The summed E-state index contributed by atoms with van der Waals surface area (Å²) in [5, 5.41) is 0. The second-order valence-corrected chi connectivity index (χ2v) is 5.46. The number of ether oxygens (including phenoxy) is 1. The summed E-state index contributed by atoms with van der Waals surface area (Å²) in [6, 6.07) is 14.1. The third kappa shape index (κ3) is 2.96. The predicted octanol–water partition coefficient (Wildman–Crippen LogP) is 3.35. The Bertz CT molecular complexity index is 686. The maximum absolute atomic E-state index is 13.1. The van der Waals surface area contributed by atoms with Gasteiger partial charge in [-0.25, -0.2) is 4.39 Å². The molecule has 1 amide bonds. The van der Waals surface area contributed by atoms with Gasteiger partial charge in [0.1, 0.15) is 11.6 Å². The van der Waals surface area contributed by atoms with E-state index in [1.165, 1.54) is 23.3 Å². The third-order valence-electron chi connectivity index (χ3n) is 4.07. The number of hydrogen-bond acceptors (Lipinski definition) is 2. The number of hydrogen-bond donors (Lipinski definition) is 0. The quantitative estimate of drug-likeness (QED) is 0.870. The number of benzene rings is 2. The second-order valence-electron chi connectivity index (χ2n) is 5.46. The van der Waals surface area contributed by atoms with Gasteiger partial charge in [0.15, 0.2) is 6.61 Å². The van der Waals surface area contributed by atoms with Crippen molar-refractivity contribution in [3.05, 3.63) is 65.5 Å². The van der Waals surface area contributed by atoms with Gasteiger partial charge in [-0.15, -0.1) is 0 Å². The van der Waals surface area contributed by atoms with Gasteiger partial charge in [0.2, 0.25) is 0 Å². The maximum atomic E-state index is 13.1. The molecule has 1 aliphatic heterocycles. The van der Waals surface area contributed by atoms with Crippen LogP contribution in [0.25, 0.3) is 0 Å². The molecule has 0 aliphatic carbocycles. The van der Waals surface area contributed by atoms with E-state index in [0.29, 0.717) is 12.3 Å². The largest absolute Gasteiger partial charge is 0.484 e. The van der Waals surface area contributed by atoms with Crippen LogP contribution in [-0.2, 0) is 11.2 Å². The van der Waals surface area contributed by atoms with Crippen molar-refractivity contribution in [2.75, 3.05) is 13.2 Å². The zero-order chi connectivity index (χ0) is 15.5. The fourth-order valence-corrected chi connectivity index (χ4v) is 2.90. The van der Waals surface area contributed by atoms with Crippen LogP contribution in [0.5, 0.6) is 5.75 Å². The Balaban J connectivity index is 1.66. The Morgan fingerprint density at radius 3 is 2.91 bits per heavy atom. The molecule has 0 spiro atoms. The van der Waals surface area contributed by atoms with E-state index in [0.717, 1.165) is 6.42 Å². The van der Waals surface area contributed by atoms with Crippen LogP contribution in [0.1, 0.15) is 24.1 Å². The van der Waals surface area contributed by atoms with Gasteiger partial charge in [-0.05, 0) is 36.6 Å². The number of rotatable bonds is 3. The highest BCUT2D eigenvalue weighted by Gasteiger charge is 2.27. The summed E-state index contributed by atoms with van der Waals surface area (Å²) in [5.74, 6) is -0.0742. The number of amides is 1. The van der Waals surface area contributed by atoms with E-state index < -0.39 is 0 Å². The van der Waals surface area contributed by atoms with Gasteiger partial charge in [0.25, 0.3) is 5.91 Å². The van der Waals surface area contributed by atoms with Crippen molar-refractivity contribution in [2.24, 2.45) is 0 Å². The van der Waals surface area contributed by atoms with Crippen molar-refractivity contribution in [1.29, 1.82) is 0 Å². The first-order chi connectivity index (χ1) is 10.6. The molecule has 3 nitrogen and oxygen atoms in total. The Kier molecular flexibility index (Phi) is 4.09. The SMILES string of the molecule is CC1c2ccccc2CCN1C(=O)COc1cccc(F)c1. The van der Waals surface area contributed by atoms with E-state index in [1.807, 2.05) is 24.0 Å². The number of carbonyl (C=O) groups excluding carboxylic acids is 1. The smallest absolute Gasteiger partial charge is 0.261 e. The minimum Gasteiger partial charge on any atom is -0.484 e. The number of fused-ring (bicyclic) bond motifs is 1. The molecule has 0 aromatic heterocycles. The van der Waals surface area contributed by atoms with E-state index >= 15 is 0 Å². The summed E-state index contributed by atoms with van der Waals surface area (Å²) in [5.41, 5.74) is 2.48. The predicted molar refractivity (Wildman–Crippen MR) is 82.2 cm³/mol. The summed E-state index contributed by atoms with van der Waals surface area (Å²) < 4.78 is 18.5. The molecule has 1 aliphatic rings. The topological polar surface area (TPSA) is 29.5 Å². The molecule has 0 N–H and O–H groups in total. The molecule has 4 heteroatoms. The number of halogens is 1. The highest BCUT2D eigenvalue weighted by molar-refractivity contribution is 5.78. The molecule has 1 atom stereocenters.